The molecule has 0 saturated heterocycles. The van der Waals surface area contributed by atoms with Gasteiger partial charge in [-0.15, -0.1) is 0 Å². The summed E-state index contributed by atoms with van der Waals surface area (Å²) in [6.07, 6.45) is 0. The number of anilines is 1. The maximum Gasteiger partial charge on any atom is 0.246 e. The second-order valence-electron chi connectivity index (χ2n) is 5.16. The normalized spacial score (nSPS) is 12.2. The average Bonchev–Trinajstić information content (AvgIpc) is 2.48. The molecule has 0 aliphatic heterocycles. The molecule has 0 heterocycles. The molecular weight excluding hydrogens is 267 g/mol. The minimum Gasteiger partial charge on any atom is -0.324 e. The second kappa shape index (κ2) is 6.99. The van der Waals surface area contributed by atoms with Crippen LogP contribution in [0.4, 0.5) is 10.1 Å². The Labute approximate surface area is 124 Å². The van der Waals surface area contributed by atoms with Gasteiger partial charge in [-0.2, -0.15) is 0 Å². The van der Waals surface area contributed by atoms with Gasteiger partial charge < -0.3 is 5.32 Å². The highest BCUT2D eigenvalue weighted by Crippen LogP contribution is 2.17. The van der Waals surface area contributed by atoms with Crippen molar-refractivity contribution in [3.63, 3.8) is 0 Å². The van der Waals surface area contributed by atoms with Crippen LogP contribution >= 0.6 is 0 Å². The van der Waals surface area contributed by atoms with Crippen molar-refractivity contribution < 1.29 is 9.18 Å². The van der Waals surface area contributed by atoms with Crippen molar-refractivity contribution in [3.05, 3.63) is 66.0 Å². The van der Waals surface area contributed by atoms with E-state index < -0.39 is 6.04 Å². The molecule has 0 bridgehead atoms. The smallest absolute Gasteiger partial charge is 0.246 e. The summed E-state index contributed by atoms with van der Waals surface area (Å²) in [7, 11) is 0. The minimum atomic E-state index is -0.448. The van der Waals surface area contributed by atoms with Gasteiger partial charge in [0.2, 0.25) is 5.91 Å². The number of benzene rings is 2. The quantitative estimate of drug-likeness (QED) is 0.883. The molecule has 2 N–H and O–H groups in total. The molecule has 0 fully saturated rings. The van der Waals surface area contributed by atoms with Crippen molar-refractivity contribution in [3.8, 4) is 0 Å². The molecule has 2 aromatic rings. The molecule has 0 aromatic heterocycles. The first-order chi connectivity index (χ1) is 10.1. The van der Waals surface area contributed by atoms with Crippen LogP contribution in [-0.4, -0.2) is 11.9 Å². The lowest BCUT2D eigenvalue weighted by Gasteiger charge is -2.21. The number of halogens is 1. The number of hydrogen-bond donors (Lipinski definition) is 2. The van der Waals surface area contributed by atoms with Gasteiger partial charge in [0.05, 0.1) is 0 Å². The van der Waals surface area contributed by atoms with Crippen molar-refractivity contribution in [2.45, 2.75) is 25.9 Å². The molecule has 4 heteroatoms. The summed E-state index contributed by atoms with van der Waals surface area (Å²) in [4.78, 5) is 12.5. The molecule has 2 rings (SSSR count). The van der Waals surface area contributed by atoms with Crippen LogP contribution in [0.5, 0.6) is 0 Å². The molecule has 1 atom stereocenters. The van der Waals surface area contributed by atoms with Crippen molar-refractivity contribution in [1.82, 2.24) is 5.32 Å². The third-order valence-electron chi connectivity index (χ3n) is 3.01. The Hall–Kier alpha value is -2.20. The van der Waals surface area contributed by atoms with Gasteiger partial charge in [-0.05, 0) is 43.7 Å². The number of amides is 1. The van der Waals surface area contributed by atoms with Gasteiger partial charge in [-0.1, -0.05) is 30.3 Å². The maximum absolute atomic E-state index is 12.9. The van der Waals surface area contributed by atoms with E-state index in [1.54, 1.807) is 12.1 Å². The van der Waals surface area contributed by atoms with Crippen LogP contribution in [0.25, 0.3) is 0 Å². The monoisotopic (exact) mass is 286 g/mol. The Morgan fingerprint density at radius 3 is 2.19 bits per heavy atom. The van der Waals surface area contributed by atoms with Crippen LogP contribution in [0.2, 0.25) is 0 Å². The van der Waals surface area contributed by atoms with Crippen molar-refractivity contribution >= 4 is 11.6 Å². The maximum atomic E-state index is 12.9. The molecule has 21 heavy (non-hydrogen) atoms. The molecular formula is C17H19FN2O. The summed E-state index contributed by atoms with van der Waals surface area (Å²) in [5, 5.41) is 6.05. The van der Waals surface area contributed by atoms with E-state index in [0.717, 1.165) is 5.56 Å². The predicted molar refractivity (Wildman–Crippen MR) is 82.5 cm³/mol. The summed E-state index contributed by atoms with van der Waals surface area (Å²) in [5.74, 6) is -0.491. The van der Waals surface area contributed by atoms with Gasteiger partial charge in [0, 0.05) is 11.7 Å². The minimum absolute atomic E-state index is 0.161. The first-order valence-electron chi connectivity index (χ1n) is 6.93. The van der Waals surface area contributed by atoms with E-state index in [1.807, 2.05) is 44.2 Å². The third kappa shape index (κ3) is 4.39. The SMILES string of the molecule is CC(C)N[C@@H](C(=O)Nc1ccc(F)cc1)c1ccccc1. The lowest BCUT2D eigenvalue weighted by Crippen LogP contribution is -2.36. The average molecular weight is 286 g/mol. The van der Waals surface area contributed by atoms with E-state index in [2.05, 4.69) is 10.6 Å². The molecule has 0 aliphatic carbocycles. The summed E-state index contributed by atoms with van der Waals surface area (Å²) in [5.41, 5.74) is 1.47. The van der Waals surface area contributed by atoms with Gasteiger partial charge in [0.25, 0.3) is 0 Å². The third-order valence-corrected chi connectivity index (χ3v) is 3.01. The largest absolute Gasteiger partial charge is 0.324 e. The molecule has 110 valence electrons. The summed E-state index contributed by atoms with van der Waals surface area (Å²) >= 11 is 0. The fraction of sp³-hybridized carbons (Fsp3) is 0.235. The van der Waals surface area contributed by atoms with Crippen molar-refractivity contribution in [2.75, 3.05) is 5.32 Å². The van der Waals surface area contributed by atoms with Gasteiger partial charge >= 0.3 is 0 Å². The summed E-state index contributed by atoms with van der Waals surface area (Å²) < 4.78 is 12.9. The molecule has 0 spiro atoms. The summed E-state index contributed by atoms with van der Waals surface area (Å²) in [6.45, 7) is 3.97. The lowest BCUT2D eigenvalue weighted by atomic mass is 10.1. The van der Waals surface area contributed by atoms with Gasteiger partial charge in [0.15, 0.2) is 0 Å². The first kappa shape index (κ1) is 15.2. The van der Waals surface area contributed by atoms with Crippen LogP contribution in [0.15, 0.2) is 54.6 Å². The van der Waals surface area contributed by atoms with E-state index in [4.69, 9.17) is 0 Å². The van der Waals surface area contributed by atoms with Gasteiger partial charge in [-0.3, -0.25) is 10.1 Å². The van der Waals surface area contributed by atoms with E-state index in [1.165, 1.54) is 12.1 Å². The van der Waals surface area contributed by atoms with Crippen LogP contribution in [0.1, 0.15) is 25.5 Å². The van der Waals surface area contributed by atoms with Gasteiger partial charge in [0.1, 0.15) is 11.9 Å². The van der Waals surface area contributed by atoms with Crippen LogP contribution in [0, 0.1) is 5.82 Å². The van der Waals surface area contributed by atoms with E-state index in [-0.39, 0.29) is 17.8 Å². The number of carbonyl (C=O) groups is 1. The molecule has 0 saturated carbocycles. The van der Waals surface area contributed by atoms with Crippen LogP contribution < -0.4 is 10.6 Å². The Bertz CT molecular complexity index is 581. The lowest BCUT2D eigenvalue weighted by molar-refractivity contribution is -0.118. The fourth-order valence-corrected chi connectivity index (χ4v) is 2.05. The van der Waals surface area contributed by atoms with Crippen molar-refractivity contribution in [1.29, 1.82) is 0 Å². The fourth-order valence-electron chi connectivity index (χ4n) is 2.05. The number of carbonyl (C=O) groups excluding carboxylic acids is 1. The molecule has 2 aromatic carbocycles. The number of rotatable bonds is 5. The molecule has 3 nitrogen and oxygen atoms in total. The molecule has 0 radical (unpaired) electrons. The highest BCUT2D eigenvalue weighted by Gasteiger charge is 2.21. The standard InChI is InChI=1S/C17H19FN2O/c1-12(2)19-16(13-6-4-3-5-7-13)17(21)20-15-10-8-14(18)9-11-15/h3-12,16,19H,1-2H3,(H,20,21)/t16-/m1/s1. The molecule has 0 unspecified atom stereocenters. The molecule has 1 amide bonds. The zero-order chi connectivity index (χ0) is 15.2. The summed E-state index contributed by atoms with van der Waals surface area (Å²) in [6, 6.07) is 15.0. The second-order valence-corrected chi connectivity index (χ2v) is 5.16. The predicted octanol–water partition coefficient (Wildman–Crippen LogP) is 3.50. The van der Waals surface area contributed by atoms with E-state index in [9.17, 15) is 9.18 Å². The zero-order valence-corrected chi connectivity index (χ0v) is 12.1. The Balaban J connectivity index is 2.16. The van der Waals surface area contributed by atoms with Crippen molar-refractivity contribution in [2.24, 2.45) is 0 Å². The zero-order valence-electron chi connectivity index (χ0n) is 12.1. The van der Waals surface area contributed by atoms with Crippen LogP contribution in [0.3, 0.4) is 0 Å². The van der Waals surface area contributed by atoms with E-state index >= 15 is 0 Å². The Morgan fingerprint density at radius 2 is 1.62 bits per heavy atom. The van der Waals surface area contributed by atoms with Gasteiger partial charge in [-0.25, -0.2) is 4.39 Å². The number of nitrogens with one attached hydrogen (secondary N) is 2. The molecule has 0 aliphatic rings. The first-order valence-corrected chi connectivity index (χ1v) is 6.93. The van der Waals surface area contributed by atoms with E-state index in [0.29, 0.717) is 5.69 Å². The number of hydrogen-bond acceptors (Lipinski definition) is 2. The highest BCUT2D eigenvalue weighted by atomic mass is 19.1. The highest BCUT2D eigenvalue weighted by molar-refractivity contribution is 5.95. The van der Waals surface area contributed by atoms with Crippen LogP contribution in [-0.2, 0) is 4.79 Å². The Kier molecular flexibility index (Phi) is 5.06. The Morgan fingerprint density at radius 1 is 1.00 bits per heavy atom. The topological polar surface area (TPSA) is 41.1 Å².